The Balaban J connectivity index is 4.49. The third-order valence-electron chi connectivity index (χ3n) is 2.42. The summed E-state index contributed by atoms with van der Waals surface area (Å²) < 4.78 is 25.8. The maximum atomic E-state index is 11.4. The number of hydrogen-bond donors (Lipinski definition) is 0. The highest BCUT2D eigenvalue weighted by molar-refractivity contribution is 5.91. The molecule has 0 aliphatic carbocycles. The number of hydrogen-bond acceptors (Lipinski definition) is 7. The molecule has 0 saturated carbocycles. The smallest absolute Gasteiger partial charge is 0.197 e. The molecule has 0 heterocycles. The molecule has 0 unspecified atom stereocenters. The SMILES string of the molecule is CCOCCOC(=COC=C(OCCOCC)C(C)=O)C(C)=O. The van der Waals surface area contributed by atoms with Gasteiger partial charge in [0.25, 0.3) is 0 Å². The van der Waals surface area contributed by atoms with E-state index in [1.54, 1.807) is 0 Å². The lowest BCUT2D eigenvalue weighted by Crippen LogP contribution is -2.09. The van der Waals surface area contributed by atoms with Crippen molar-refractivity contribution in [3.8, 4) is 0 Å². The highest BCUT2D eigenvalue weighted by Gasteiger charge is 2.08. The summed E-state index contributed by atoms with van der Waals surface area (Å²) in [5.74, 6) is -0.510. The van der Waals surface area contributed by atoms with Gasteiger partial charge in [0.05, 0.1) is 13.2 Å². The first kappa shape index (κ1) is 21.1. The number of carbonyl (C=O) groups excluding carboxylic acids is 2. The van der Waals surface area contributed by atoms with Crippen molar-refractivity contribution in [1.29, 1.82) is 0 Å². The minimum Gasteiger partial charge on any atom is -0.485 e. The van der Waals surface area contributed by atoms with Gasteiger partial charge >= 0.3 is 0 Å². The Hall–Kier alpha value is -1.86. The van der Waals surface area contributed by atoms with Crippen molar-refractivity contribution in [2.24, 2.45) is 0 Å². The van der Waals surface area contributed by atoms with Crippen LogP contribution in [0.5, 0.6) is 0 Å². The van der Waals surface area contributed by atoms with Crippen LogP contribution in [-0.4, -0.2) is 51.2 Å². The van der Waals surface area contributed by atoms with Crippen molar-refractivity contribution in [3.63, 3.8) is 0 Å². The highest BCUT2D eigenvalue weighted by atomic mass is 16.5. The van der Waals surface area contributed by atoms with Crippen LogP contribution in [0.4, 0.5) is 0 Å². The maximum absolute atomic E-state index is 11.4. The van der Waals surface area contributed by atoms with Crippen LogP contribution in [0.1, 0.15) is 27.7 Å². The van der Waals surface area contributed by atoms with E-state index in [1.165, 1.54) is 13.8 Å². The lowest BCUT2D eigenvalue weighted by atomic mass is 10.4. The van der Waals surface area contributed by atoms with Crippen molar-refractivity contribution in [1.82, 2.24) is 0 Å². The fraction of sp³-hybridized carbons (Fsp3) is 0.625. The molecule has 0 aliphatic rings. The highest BCUT2D eigenvalue weighted by Crippen LogP contribution is 2.04. The van der Waals surface area contributed by atoms with Gasteiger partial charge in [-0.05, 0) is 13.8 Å². The molecule has 0 bridgehead atoms. The van der Waals surface area contributed by atoms with E-state index in [9.17, 15) is 9.59 Å². The van der Waals surface area contributed by atoms with Crippen LogP contribution >= 0.6 is 0 Å². The van der Waals surface area contributed by atoms with Crippen LogP contribution in [0, 0.1) is 0 Å². The second kappa shape index (κ2) is 13.8. The molecule has 0 spiro atoms. The van der Waals surface area contributed by atoms with E-state index in [0.29, 0.717) is 26.4 Å². The second-order valence-corrected chi connectivity index (χ2v) is 4.30. The molecule has 0 N–H and O–H groups in total. The number of allylic oxidation sites excluding steroid dienone is 2. The van der Waals surface area contributed by atoms with Crippen molar-refractivity contribution < 1.29 is 33.3 Å². The zero-order valence-corrected chi connectivity index (χ0v) is 14.3. The Morgan fingerprint density at radius 1 is 0.739 bits per heavy atom. The molecule has 0 aliphatic heterocycles. The summed E-state index contributed by atoms with van der Waals surface area (Å²) in [5, 5.41) is 0. The van der Waals surface area contributed by atoms with E-state index in [0.717, 1.165) is 12.5 Å². The summed E-state index contributed by atoms with van der Waals surface area (Å²) in [7, 11) is 0. The van der Waals surface area contributed by atoms with E-state index in [1.807, 2.05) is 13.8 Å². The first-order valence-electron chi connectivity index (χ1n) is 7.51. The topological polar surface area (TPSA) is 80.3 Å². The molecule has 0 aromatic rings. The third-order valence-corrected chi connectivity index (χ3v) is 2.42. The Kier molecular flexibility index (Phi) is 12.7. The van der Waals surface area contributed by atoms with Crippen LogP contribution in [0.2, 0.25) is 0 Å². The summed E-state index contributed by atoms with van der Waals surface area (Å²) in [6, 6.07) is 0. The van der Waals surface area contributed by atoms with Crippen molar-refractivity contribution >= 4 is 11.6 Å². The largest absolute Gasteiger partial charge is 0.485 e. The molecule has 0 radical (unpaired) electrons. The van der Waals surface area contributed by atoms with Crippen LogP contribution in [0.3, 0.4) is 0 Å². The van der Waals surface area contributed by atoms with Gasteiger partial charge in [0.1, 0.15) is 25.7 Å². The molecule has 0 aromatic carbocycles. The minimum atomic E-state index is -0.295. The van der Waals surface area contributed by atoms with E-state index < -0.39 is 0 Å². The number of ketones is 2. The zero-order valence-electron chi connectivity index (χ0n) is 14.3. The Morgan fingerprint density at radius 3 is 1.43 bits per heavy atom. The summed E-state index contributed by atoms with van der Waals surface area (Å²) in [6.45, 7) is 8.79. The van der Waals surface area contributed by atoms with Gasteiger partial charge in [-0.25, -0.2) is 0 Å². The summed E-state index contributed by atoms with van der Waals surface area (Å²) in [5.41, 5.74) is 0. The van der Waals surface area contributed by atoms with Gasteiger partial charge in [0, 0.05) is 27.1 Å². The van der Waals surface area contributed by atoms with Gasteiger partial charge in [-0.15, -0.1) is 0 Å². The normalized spacial score (nSPS) is 12.0. The lowest BCUT2D eigenvalue weighted by Gasteiger charge is -2.09. The number of ether oxygens (including phenoxy) is 5. The molecule has 0 atom stereocenters. The molecule has 0 rings (SSSR count). The Morgan fingerprint density at radius 2 is 1.13 bits per heavy atom. The van der Waals surface area contributed by atoms with E-state index in [4.69, 9.17) is 23.7 Å². The monoisotopic (exact) mass is 330 g/mol. The number of carbonyl (C=O) groups is 2. The van der Waals surface area contributed by atoms with E-state index in [2.05, 4.69) is 0 Å². The minimum absolute atomic E-state index is 0.0400. The van der Waals surface area contributed by atoms with Gasteiger partial charge in [-0.2, -0.15) is 0 Å². The van der Waals surface area contributed by atoms with Gasteiger partial charge in [-0.3, -0.25) is 9.59 Å². The van der Waals surface area contributed by atoms with Crippen LogP contribution < -0.4 is 0 Å². The fourth-order valence-corrected chi connectivity index (χ4v) is 1.30. The van der Waals surface area contributed by atoms with Crippen molar-refractivity contribution in [2.75, 3.05) is 39.6 Å². The van der Waals surface area contributed by atoms with Crippen LogP contribution in [0.15, 0.2) is 24.0 Å². The fourth-order valence-electron chi connectivity index (χ4n) is 1.30. The number of rotatable bonds is 14. The molecule has 0 fully saturated rings. The maximum Gasteiger partial charge on any atom is 0.197 e. The third kappa shape index (κ3) is 11.4. The molecule has 0 amide bonds. The molecular weight excluding hydrogens is 304 g/mol. The van der Waals surface area contributed by atoms with Crippen LogP contribution in [-0.2, 0) is 33.3 Å². The zero-order chi connectivity index (χ0) is 17.5. The summed E-state index contributed by atoms with van der Waals surface area (Å²) in [4.78, 5) is 22.8. The molecule has 132 valence electrons. The molecule has 0 aromatic heterocycles. The van der Waals surface area contributed by atoms with Gasteiger partial charge in [0.15, 0.2) is 23.1 Å². The standard InChI is InChI=1S/C16H26O7/c1-5-19-7-9-22-15(13(3)17)11-21-12-16(14(4)18)23-10-8-20-6-2/h11-12H,5-10H2,1-4H3. The first-order chi connectivity index (χ1) is 11.0. The number of Topliss-reactive ketones (excluding diaryl/α,β-unsaturated/α-hetero) is 2. The Labute approximate surface area is 137 Å². The Bertz CT molecular complexity index is 375. The van der Waals surface area contributed by atoms with Gasteiger partial charge < -0.3 is 23.7 Å². The molecule has 23 heavy (non-hydrogen) atoms. The predicted molar refractivity (Wildman–Crippen MR) is 83.5 cm³/mol. The molecule has 7 nitrogen and oxygen atoms in total. The van der Waals surface area contributed by atoms with Gasteiger partial charge in [0.2, 0.25) is 0 Å². The van der Waals surface area contributed by atoms with Gasteiger partial charge in [-0.1, -0.05) is 0 Å². The second-order valence-electron chi connectivity index (χ2n) is 4.30. The predicted octanol–water partition coefficient (Wildman–Crippen LogP) is 1.97. The quantitative estimate of drug-likeness (QED) is 0.274. The summed E-state index contributed by atoms with van der Waals surface area (Å²) >= 11 is 0. The van der Waals surface area contributed by atoms with E-state index >= 15 is 0 Å². The van der Waals surface area contributed by atoms with Crippen molar-refractivity contribution in [3.05, 3.63) is 24.0 Å². The van der Waals surface area contributed by atoms with Crippen molar-refractivity contribution in [2.45, 2.75) is 27.7 Å². The van der Waals surface area contributed by atoms with E-state index in [-0.39, 0.29) is 36.3 Å². The van der Waals surface area contributed by atoms with Crippen LogP contribution in [0.25, 0.3) is 0 Å². The average Bonchev–Trinajstić information content (AvgIpc) is 2.51. The average molecular weight is 330 g/mol. The lowest BCUT2D eigenvalue weighted by molar-refractivity contribution is -0.117. The summed E-state index contributed by atoms with van der Waals surface area (Å²) in [6.07, 6.45) is 2.26. The molecular formula is C16H26O7. The molecule has 0 saturated heterocycles. The first-order valence-corrected chi connectivity index (χ1v) is 7.51. The molecule has 7 heteroatoms.